The summed E-state index contributed by atoms with van der Waals surface area (Å²) in [5.74, 6) is -0.832. The van der Waals surface area contributed by atoms with Gasteiger partial charge in [-0.05, 0) is 83.5 Å². The summed E-state index contributed by atoms with van der Waals surface area (Å²) in [6.45, 7) is 4.13. The predicted octanol–water partition coefficient (Wildman–Crippen LogP) is 19.8. The molecule has 0 heterocycles. The van der Waals surface area contributed by atoms with Crippen LogP contribution >= 0.6 is 7.82 Å². The van der Waals surface area contributed by atoms with Gasteiger partial charge in [0.05, 0.1) is 27.7 Å². The Morgan fingerprint density at radius 1 is 0.416 bits per heavy atom. The zero-order valence-corrected chi connectivity index (χ0v) is 51.8. The lowest BCUT2D eigenvalue weighted by Crippen LogP contribution is -2.37. The number of carbonyl (C=O) groups is 2. The summed E-state index contributed by atoms with van der Waals surface area (Å²) < 4.78 is 34.2. The molecule has 9 nitrogen and oxygen atoms in total. The Kier molecular flexibility index (Phi) is 56.2. The number of phosphoric acid groups is 1. The maximum Gasteiger partial charge on any atom is 0.306 e. The van der Waals surface area contributed by atoms with Gasteiger partial charge >= 0.3 is 11.9 Å². The van der Waals surface area contributed by atoms with Crippen molar-refractivity contribution in [1.29, 1.82) is 0 Å². The zero-order valence-electron chi connectivity index (χ0n) is 50.9. The molecule has 0 fully saturated rings. The number of nitrogens with zero attached hydrogens (tertiary/aromatic N) is 1. The number of rotatable bonds is 59. The first-order chi connectivity index (χ1) is 37.5. The fourth-order valence-corrected chi connectivity index (χ4v) is 9.76. The van der Waals surface area contributed by atoms with Crippen LogP contribution in [0, 0.1) is 0 Å². The van der Waals surface area contributed by atoms with Crippen molar-refractivity contribution in [2.24, 2.45) is 0 Å². The van der Waals surface area contributed by atoms with Crippen LogP contribution in [-0.2, 0) is 32.7 Å². The summed E-state index contributed by atoms with van der Waals surface area (Å²) in [6, 6.07) is 0. The zero-order chi connectivity index (χ0) is 56.3. The quantitative estimate of drug-likeness (QED) is 0.0195. The Bertz CT molecular complexity index is 1530. The largest absolute Gasteiger partial charge is 0.756 e. The molecule has 0 aliphatic rings. The summed E-state index contributed by atoms with van der Waals surface area (Å²) in [7, 11) is 1.17. The first-order valence-electron chi connectivity index (χ1n) is 32.1. The van der Waals surface area contributed by atoms with Crippen LogP contribution in [0.4, 0.5) is 0 Å². The van der Waals surface area contributed by atoms with E-state index in [4.69, 9.17) is 18.5 Å². The molecule has 2 unspecified atom stereocenters. The fraction of sp³-hybridized carbons (Fsp3) is 0.791. The van der Waals surface area contributed by atoms with Crippen molar-refractivity contribution in [3.63, 3.8) is 0 Å². The number of hydrogen-bond donors (Lipinski definition) is 0. The summed E-state index contributed by atoms with van der Waals surface area (Å²) in [5.41, 5.74) is 0. The number of ether oxygens (including phenoxy) is 2. The van der Waals surface area contributed by atoms with Gasteiger partial charge < -0.3 is 27.9 Å². The van der Waals surface area contributed by atoms with Crippen molar-refractivity contribution in [3.05, 3.63) is 72.9 Å². The Labute approximate surface area is 476 Å². The summed E-state index contributed by atoms with van der Waals surface area (Å²) >= 11 is 0. The van der Waals surface area contributed by atoms with Gasteiger partial charge in [-0.3, -0.25) is 14.2 Å². The molecule has 0 spiro atoms. The predicted molar refractivity (Wildman–Crippen MR) is 328 cm³/mol. The highest BCUT2D eigenvalue weighted by Crippen LogP contribution is 2.38. The van der Waals surface area contributed by atoms with E-state index in [1.54, 1.807) is 0 Å². The molecular weight excluding hydrogens is 978 g/mol. The number of phosphoric ester groups is 1. The lowest BCUT2D eigenvalue weighted by molar-refractivity contribution is -0.870. The molecule has 0 aliphatic carbocycles. The Morgan fingerprint density at radius 3 is 1.10 bits per heavy atom. The molecule has 0 N–H and O–H groups in total. The third-order valence-corrected chi connectivity index (χ3v) is 14.9. The first-order valence-corrected chi connectivity index (χ1v) is 33.6. The van der Waals surface area contributed by atoms with E-state index in [-0.39, 0.29) is 32.0 Å². The number of hydrogen-bond acceptors (Lipinski definition) is 8. The lowest BCUT2D eigenvalue weighted by atomic mass is 10.0. The SMILES string of the molecule is CC/C=C\C/C=C\C/C=C\C/C=C\CCCCCCCCCCCCCCCCCCCCCCCCC(=O)OC(COC(=O)CCCCCCCCC/C=C\C/C=C\CCCCCC)COP(=O)([O-])OCC[N+](C)(C)C. The van der Waals surface area contributed by atoms with E-state index in [1.807, 2.05) is 21.1 Å². The number of esters is 2. The number of likely N-dealkylation sites (N-methyl/N-ethyl adjacent to an activating group) is 1. The molecule has 2 atom stereocenters. The molecule has 0 amide bonds. The summed E-state index contributed by atoms with van der Waals surface area (Å²) in [4.78, 5) is 37.9. The Hall–Kier alpha value is -2.55. The van der Waals surface area contributed by atoms with Gasteiger partial charge in [0.25, 0.3) is 7.82 Å². The molecular formula is C67H122NO8P. The fourth-order valence-electron chi connectivity index (χ4n) is 9.03. The Balaban J connectivity index is 4.00. The third kappa shape index (κ3) is 62.5. The second-order valence-corrected chi connectivity index (χ2v) is 24.2. The molecule has 0 aromatic rings. The molecule has 0 bridgehead atoms. The number of carbonyl (C=O) groups excluding carboxylic acids is 2. The molecule has 0 saturated heterocycles. The highest BCUT2D eigenvalue weighted by atomic mass is 31.2. The molecule has 0 aliphatic heterocycles. The van der Waals surface area contributed by atoms with Crippen molar-refractivity contribution < 1.29 is 42.1 Å². The van der Waals surface area contributed by atoms with E-state index in [0.29, 0.717) is 17.4 Å². The van der Waals surface area contributed by atoms with Crippen molar-refractivity contribution in [3.8, 4) is 0 Å². The van der Waals surface area contributed by atoms with Crippen molar-refractivity contribution >= 4 is 19.8 Å². The lowest BCUT2D eigenvalue weighted by Gasteiger charge is -2.28. The van der Waals surface area contributed by atoms with Crippen molar-refractivity contribution in [2.45, 2.75) is 296 Å². The minimum Gasteiger partial charge on any atom is -0.756 e. The Morgan fingerprint density at radius 2 is 0.740 bits per heavy atom. The average Bonchev–Trinajstić information content (AvgIpc) is 3.39. The summed E-state index contributed by atoms with van der Waals surface area (Å²) in [6.07, 6.45) is 76.9. The first kappa shape index (κ1) is 74.5. The molecule has 77 heavy (non-hydrogen) atoms. The topological polar surface area (TPSA) is 111 Å². The van der Waals surface area contributed by atoms with Gasteiger partial charge in [-0.25, -0.2) is 0 Å². The van der Waals surface area contributed by atoms with Crippen LogP contribution in [0.15, 0.2) is 72.9 Å². The normalized spacial score (nSPS) is 13.7. The van der Waals surface area contributed by atoms with E-state index < -0.39 is 26.5 Å². The van der Waals surface area contributed by atoms with E-state index in [0.717, 1.165) is 83.5 Å². The molecule has 0 saturated carbocycles. The van der Waals surface area contributed by atoms with Gasteiger partial charge in [0.1, 0.15) is 19.8 Å². The van der Waals surface area contributed by atoms with Crippen LogP contribution in [0.2, 0.25) is 0 Å². The molecule has 0 aromatic carbocycles. The van der Waals surface area contributed by atoms with Crippen molar-refractivity contribution in [2.75, 3.05) is 47.5 Å². The van der Waals surface area contributed by atoms with Gasteiger partial charge in [0.2, 0.25) is 0 Å². The summed E-state index contributed by atoms with van der Waals surface area (Å²) in [5, 5.41) is 0. The highest BCUT2D eigenvalue weighted by Gasteiger charge is 2.22. The number of quaternary nitrogens is 1. The van der Waals surface area contributed by atoms with Gasteiger partial charge in [-0.2, -0.15) is 0 Å². The smallest absolute Gasteiger partial charge is 0.306 e. The van der Waals surface area contributed by atoms with E-state index in [2.05, 4.69) is 86.8 Å². The van der Waals surface area contributed by atoms with Crippen molar-refractivity contribution in [1.82, 2.24) is 0 Å². The molecule has 0 radical (unpaired) electrons. The van der Waals surface area contributed by atoms with Gasteiger partial charge in [0, 0.05) is 12.8 Å². The van der Waals surface area contributed by atoms with Crippen LogP contribution < -0.4 is 4.89 Å². The standard InChI is InChI=1S/C67H122NO8P/c1-6-8-10-12-14-16-18-20-22-24-26-27-28-29-30-31-32-33-34-35-36-37-38-39-40-41-42-44-46-48-50-52-54-56-58-60-67(70)76-65(64-75-77(71,72)74-62-61-68(3,4)5)63-73-66(69)59-57-55-53-51-49-47-45-43-25-23-21-19-17-15-13-11-9-7-2/h8,10,14,16-17,19-20,22-23,25-27,65H,6-7,9,11-13,15,18,21,24,28-64H2,1-5H3/b10-8-,16-14-,19-17-,22-20-,25-23-,27-26-. The van der Waals surface area contributed by atoms with E-state index in [1.165, 1.54) is 173 Å². The molecule has 0 aromatic heterocycles. The second-order valence-electron chi connectivity index (χ2n) is 22.7. The monoisotopic (exact) mass is 1100 g/mol. The minimum absolute atomic E-state index is 0.0324. The molecule has 448 valence electrons. The van der Waals surface area contributed by atoms with E-state index in [9.17, 15) is 19.0 Å². The highest BCUT2D eigenvalue weighted by molar-refractivity contribution is 7.45. The van der Waals surface area contributed by atoms with Gasteiger partial charge in [-0.15, -0.1) is 0 Å². The van der Waals surface area contributed by atoms with Gasteiger partial charge in [0.15, 0.2) is 6.10 Å². The van der Waals surface area contributed by atoms with Crippen LogP contribution in [0.3, 0.4) is 0 Å². The van der Waals surface area contributed by atoms with E-state index >= 15 is 0 Å². The second kappa shape index (κ2) is 58.1. The third-order valence-electron chi connectivity index (χ3n) is 14.0. The molecule has 10 heteroatoms. The molecule has 0 rings (SSSR count). The number of allylic oxidation sites excluding steroid dienone is 12. The maximum atomic E-state index is 12.8. The average molecular weight is 1100 g/mol. The van der Waals surface area contributed by atoms with Crippen LogP contribution in [0.5, 0.6) is 0 Å². The van der Waals surface area contributed by atoms with Crippen LogP contribution in [-0.4, -0.2) is 70.0 Å². The maximum absolute atomic E-state index is 12.8. The van der Waals surface area contributed by atoms with Gasteiger partial charge in [-0.1, -0.05) is 267 Å². The minimum atomic E-state index is -4.64. The number of unbranched alkanes of at least 4 members (excludes halogenated alkanes) is 33. The van der Waals surface area contributed by atoms with Crippen LogP contribution in [0.1, 0.15) is 290 Å². The van der Waals surface area contributed by atoms with Crippen LogP contribution in [0.25, 0.3) is 0 Å².